The number of nitrogen functional groups attached to an aromatic ring is 1. The van der Waals surface area contributed by atoms with Gasteiger partial charge in [-0.15, -0.1) is 0 Å². The molecule has 1 aromatic carbocycles. The first kappa shape index (κ1) is 16.3. The molecule has 0 unspecified atom stereocenters. The van der Waals surface area contributed by atoms with Crippen molar-refractivity contribution in [1.82, 2.24) is 10.2 Å². The van der Waals surface area contributed by atoms with Crippen molar-refractivity contribution in [1.29, 1.82) is 0 Å². The Morgan fingerprint density at radius 1 is 1.45 bits per heavy atom. The summed E-state index contributed by atoms with van der Waals surface area (Å²) in [7, 11) is 3.07. The molecule has 3 N–H and O–H groups in total. The Bertz CT molecular complexity index is 494. The van der Waals surface area contributed by atoms with Crippen LogP contribution in [0.2, 0.25) is 5.02 Å². The lowest BCUT2D eigenvalue weighted by Gasteiger charge is -2.18. The van der Waals surface area contributed by atoms with Gasteiger partial charge in [-0.1, -0.05) is 11.6 Å². The van der Waals surface area contributed by atoms with Gasteiger partial charge in [-0.3, -0.25) is 9.59 Å². The maximum absolute atomic E-state index is 12.2. The Morgan fingerprint density at radius 2 is 2.15 bits per heavy atom. The monoisotopic (exact) mass is 299 g/mol. The fourth-order valence-electron chi connectivity index (χ4n) is 1.55. The van der Waals surface area contributed by atoms with Crippen LogP contribution in [0.5, 0.6) is 0 Å². The molecule has 0 saturated carbocycles. The summed E-state index contributed by atoms with van der Waals surface area (Å²) in [6, 6.07) is 4.64. The number of rotatable bonds is 6. The van der Waals surface area contributed by atoms with Crippen LogP contribution in [0.25, 0.3) is 0 Å². The number of ether oxygens (including phenoxy) is 1. The van der Waals surface area contributed by atoms with Crippen LogP contribution in [0.1, 0.15) is 10.4 Å². The summed E-state index contributed by atoms with van der Waals surface area (Å²) in [4.78, 5) is 25.0. The minimum atomic E-state index is -0.355. The smallest absolute Gasteiger partial charge is 0.256 e. The molecule has 7 heteroatoms. The zero-order chi connectivity index (χ0) is 15.1. The Morgan fingerprint density at radius 3 is 2.80 bits per heavy atom. The highest BCUT2D eigenvalue weighted by Crippen LogP contribution is 2.19. The number of carbonyl (C=O) groups is 2. The molecular formula is C13H18ClN3O3. The number of carbonyl (C=O) groups excluding carboxylic acids is 2. The SMILES string of the molecule is COCCNC(=O)CN(C)C(=O)c1cc(Cl)ccc1N. The van der Waals surface area contributed by atoms with Gasteiger partial charge in [0.1, 0.15) is 0 Å². The minimum absolute atomic E-state index is 0.0610. The number of methoxy groups -OCH3 is 1. The normalized spacial score (nSPS) is 10.2. The van der Waals surface area contributed by atoms with E-state index in [4.69, 9.17) is 22.1 Å². The van der Waals surface area contributed by atoms with Gasteiger partial charge in [0.05, 0.1) is 18.7 Å². The Kier molecular flexibility index (Phi) is 6.27. The number of hydrogen-bond donors (Lipinski definition) is 2. The number of amides is 2. The molecular weight excluding hydrogens is 282 g/mol. The van der Waals surface area contributed by atoms with E-state index in [1.807, 2.05) is 0 Å². The largest absolute Gasteiger partial charge is 0.398 e. The highest BCUT2D eigenvalue weighted by Gasteiger charge is 2.17. The molecule has 0 aromatic heterocycles. The topological polar surface area (TPSA) is 84.7 Å². The molecule has 0 aliphatic rings. The zero-order valence-electron chi connectivity index (χ0n) is 11.5. The van der Waals surface area contributed by atoms with Crippen molar-refractivity contribution in [3.05, 3.63) is 28.8 Å². The van der Waals surface area contributed by atoms with Crippen molar-refractivity contribution in [2.45, 2.75) is 0 Å². The van der Waals surface area contributed by atoms with Crippen LogP contribution >= 0.6 is 11.6 Å². The predicted molar refractivity (Wildman–Crippen MR) is 77.7 cm³/mol. The number of nitrogens with zero attached hydrogens (tertiary/aromatic N) is 1. The maximum atomic E-state index is 12.2. The Labute approximate surface area is 122 Å². The summed E-state index contributed by atoms with van der Waals surface area (Å²) in [6.45, 7) is 0.760. The molecule has 0 aliphatic carbocycles. The standard InChI is InChI=1S/C13H18ClN3O3/c1-17(8-12(18)16-5-6-20-2)13(19)10-7-9(14)3-4-11(10)15/h3-4,7H,5-6,8,15H2,1-2H3,(H,16,18). The number of nitrogens with two attached hydrogens (primary N) is 1. The molecule has 0 heterocycles. The first-order chi connectivity index (χ1) is 9.45. The van der Waals surface area contributed by atoms with Crippen LogP contribution in [-0.2, 0) is 9.53 Å². The fraction of sp³-hybridized carbons (Fsp3) is 0.385. The van der Waals surface area contributed by atoms with Crippen molar-refractivity contribution in [3.63, 3.8) is 0 Å². The maximum Gasteiger partial charge on any atom is 0.256 e. The third-order valence-electron chi connectivity index (χ3n) is 2.60. The first-order valence-electron chi connectivity index (χ1n) is 6.02. The average molecular weight is 300 g/mol. The second kappa shape index (κ2) is 7.72. The van der Waals surface area contributed by atoms with Crippen molar-refractivity contribution in [2.24, 2.45) is 0 Å². The van der Waals surface area contributed by atoms with Gasteiger partial charge in [-0.2, -0.15) is 0 Å². The minimum Gasteiger partial charge on any atom is -0.398 e. The third-order valence-corrected chi connectivity index (χ3v) is 2.84. The van der Waals surface area contributed by atoms with E-state index < -0.39 is 0 Å². The van der Waals surface area contributed by atoms with Crippen molar-refractivity contribution in [3.8, 4) is 0 Å². The number of anilines is 1. The highest BCUT2D eigenvalue weighted by molar-refractivity contribution is 6.31. The lowest BCUT2D eigenvalue weighted by Crippen LogP contribution is -2.39. The number of hydrogen-bond acceptors (Lipinski definition) is 4. The molecule has 6 nitrogen and oxygen atoms in total. The first-order valence-corrected chi connectivity index (χ1v) is 6.39. The van der Waals surface area contributed by atoms with Gasteiger partial charge in [-0.05, 0) is 18.2 Å². The summed E-state index contributed by atoms with van der Waals surface area (Å²) < 4.78 is 4.82. The molecule has 0 spiro atoms. The second-order valence-corrected chi connectivity index (χ2v) is 4.67. The molecule has 0 saturated heterocycles. The van der Waals surface area contributed by atoms with Gasteiger partial charge < -0.3 is 20.7 Å². The van der Waals surface area contributed by atoms with Crippen molar-refractivity contribution in [2.75, 3.05) is 39.6 Å². The molecule has 0 radical (unpaired) electrons. The van der Waals surface area contributed by atoms with Crippen molar-refractivity contribution < 1.29 is 14.3 Å². The van der Waals surface area contributed by atoms with Crippen LogP contribution in [0.15, 0.2) is 18.2 Å². The molecule has 1 aromatic rings. The van der Waals surface area contributed by atoms with Crippen LogP contribution in [0.4, 0.5) is 5.69 Å². The van der Waals surface area contributed by atoms with Gasteiger partial charge in [-0.25, -0.2) is 0 Å². The van der Waals surface area contributed by atoms with Crippen LogP contribution in [0.3, 0.4) is 0 Å². The van der Waals surface area contributed by atoms with E-state index >= 15 is 0 Å². The molecule has 0 fully saturated rings. The summed E-state index contributed by atoms with van der Waals surface area (Å²) in [5, 5.41) is 3.05. The summed E-state index contributed by atoms with van der Waals surface area (Å²) in [5.74, 6) is -0.620. The summed E-state index contributed by atoms with van der Waals surface area (Å²) in [6.07, 6.45) is 0. The van der Waals surface area contributed by atoms with Crippen molar-refractivity contribution >= 4 is 29.1 Å². The number of likely N-dealkylation sites (N-methyl/N-ethyl adjacent to an activating group) is 1. The predicted octanol–water partition coefficient (Wildman–Crippen LogP) is 0.757. The van der Waals surface area contributed by atoms with E-state index in [9.17, 15) is 9.59 Å². The molecule has 0 bridgehead atoms. The number of nitrogens with one attached hydrogen (secondary N) is 1. The van der Waals surface area contributed by atoms with Gasteiger partial charge in [0.15, 0.2) is 0 Å². The van der Waals surface area contributed by atoms with Crippen LogP contribution in [0, 0.1) is 0 Å². The van der Waals surface area contributed by atoms with Gasteiger partial charge in [0.25, 0.3) is 5.91 Å². The van der Waals surface area contributed by atoms with E-state index in [-0.39, 0.29) is 23.9 Å². The van der Waals surface area contributed by atoms with E-state index in [1.54, 1.807) is 19.2 Å². The van der Waals surface area contributed by atoms with Gasteiger partial charge in [0, 0.05) is 31.4 Å². The molecule has 2 amide bonds. The average Bonchev–Trinajstić information content (AvgIpc) is 2.41. The fourth-order valence-corrected chi connectivity index (χ4v) is 1.73. The highest BCUT2D eigenvalue weighted by atomic mass is 35.5. The summed E-state index contributed by atoms with van der Waals surface area (Å²) >= 11 is 5.84. The van der Waals surface area contributed by atoms with E-state index in [0.717, 1.165) is 0 Å². The zero-order valence-corrected chi connectivity index (χ0v) is 12.2. The van der Waals surface area contributed by atoms with Crippen LogP contribution in [-0.4, -0.2) is 50.6 Å². The Hall–Kier alpha value is -1.79. The number of halogens is 1. The lowest BCUT2D eigenvalue weighted by molar-refractivity contribution is -0.121. The van der Waals surface area contributed by atoms with E-state index in [2.05, 4.69) is 5.32 Å². The molecule has 0 aliphatic heterocycles. The van der Waals surface area contributed by atoms with E-state index in [0.29, 0.717) is 23.9 Å². The molecule has 110 valence electrons. The number of benzene rings is 1. The molecule has 0 atom stereocenters. The van der Waals surface area contributed by atoms with Gasteiger partial charge in [0.2, 0.25) is 5.91 Å². The molecule has 20 heavy (non-hydrogen) atoms. The summed E-state index contributed by atoms with van der Waals surface area (Å²) in [5.41, 5.74) is 6.34. The van der Waals surface area contributed by atoms with E-state index in [1.165, 1.54) is 18.0 Å². The third kappa shape index (κ3) is 4.71. The Balaban J connectivity index is 2.62. The lowest BCUT2D eigenvalue weighted by atomic mass is 10.1. The van der Waals surface area contributed by atoms with Crippen LogP contribution < -0.4 is 11.1 Å². The quantitative estimate of drug-likeness (QED) is 0.600. The molecule has 1 rings (SSSR count). The van der Waals surface area contributed by atoms with Gasteiger partial charge >= 0.3 is 0 Å². The second-order valence-electron chi connectivity index (χ2n) is 4.24.